The highest BCUT2D eigenvalue weighted by Crippen LogP contribution is 2.18. The minimum Gasteiger partial charge on any atom is -0.325 e. The van der Waals surface area contributed by atoms with E-state index in [0.717, 1.165) is 30.6 Å². The first-order valence-corrected chi connectivity index (χ1v) is 6.04. The minimum absolute atomic E-state index is 0.0921. The lowest BCUT2D eigenvalue weighted by atomic mass is 10.2. The van der Waals surface area contributed by atoms with Crippen molar-refractivity contribution in [2.75, 3.05) is 26.2 Å². The molecule has 1 aliphatic heterocycles. The lowest BCUT2D eigenvalue weighted by Crippen LogP contribution is -2.47. The van der Waals surface area contributed by atoms with E-state index >= 15 is 0 Å². The first kappa shape index (κ1) is 14.1. The average Bonchev–Trinajstić information content (AvgIpc) is 2.52. The summed E-state index contributed by atoms with van der Waals surface area (Å²) >= 11 is 0. The molecule has 0 aliphatic carbocycles. The van der Waals surface area contributed by atoms with Gasteiger partial charge in [0.15, 0.2) is 0 Å². The number of nitrogens with zero attached hydrogens (tertiary/aromatic N) is 2. The number of urea groups is 1. The third kappa shape index (κ3) is 4.83. The standard InChI is InChI=1S/C11H19F3N2O/c1-2-15(9-11(12,13)14)10(17)16-7-5-3-4-6-8-16/h2-9H2,1H3. The smallest absolute Gasteiger partial charge is 0.325 e. The molecule has 0 spiro atoms. The summed E-state index contributed by atoms with van der Waals surface area (Å²) < 4.78 is 36.9. The zero-order valence-corrected chi connectivity index (χ0v) is 10.1. The number of hydrogen-bond acceptors (Lipinski definition) is 1. The summed E-state index contributed by atoms with van der Waals surface area (Å²) in [6.07, 6.45) is -0.452. The van der Waals surface area contributed by atoms with Gasteiger partial charge in [0, 0.05) is 19.6 Å². The van der Waals surface area contributed by atoms with Gasteiger partial charge < -0.3 is 9.80 Å². The van der Waals surface area contributed by atoms with Crippen molar-refractivity contribution >= 4 is 6.03 Å². The Morgan fingerprint density at radius 1 is 1.18 bits per heavy atom. The van der Waals surface area contributed by atoms with Gasteiger partial charge >= 0.3 is 12.2 Å². The second-order valence-electron chi connectivity index (χ2n) is 4.31. The van der Waals surface area contributed by atoms with Gasteiger partial charge in [0.05, 0.1) is 0 Å². The summed E-state index contributed by atoms with van der Waals surface area (Å²) in [4.78, 5) is 14.3. The van der Waals surface area contributed by atoms with E-state index in [0.29, 0.717) is 13.1 Å². The fourth-order valence-electron chi connectivity index (χ4n) is 1.99. The molecule has 100 valence electrons. The van der Waals surface area contributed by atoms with Crippen LogP contribution in [0.2, 0.25) is 0 Å². The quantitative estimate of drug-likeness (QED) is 0.741. The van der Waals surface area contributed by atoms with Crippen LogP contribution in [0.15, 0.2) is 0 Å². The SMILES string of the molecule is CCN(CC(F)(F)F)C(=O)N1CCCCCC1. The normalized spacial score (nSPS) is 17.8. The van der Waals surface area contributed by atoms with E-state index in [-0.39, 0.29) is 6.54 Å². The molecule has 17 heavy (non-hydrogen) atoms. The molecule has 0 N–H and O–H groups in total. The van der Waals surface area contributed by atoms with Crippen molar-refractivity contribution in [1.29, 1.82) is 0 Å². The Balaban J connectivity index is 2.57. The van der Waals surface area contributed by atoms with Crippen molar-refractivity contribution in [1.82, 2.24) is 9.80 Å². The summed E-state index contributed by atoms with van der Waals surface area (Å²) in [5.41, 5.74) is 0. The lowest BCUT2D eigenvalue weighted by Gasteiger charge is -2.29. The first-order valence-electron chi connectivity index (χ1n) is 6.04. The van der Waals surface area contributed by atoms with Crippen LogP contribution in [0.25, 0.3) is 0 Å². The van der Waals surface area contributed by atoms with Crippen LogP contribution < -0.4 is 0 Å². The number of hydrogen-bond donors (Lipinski definition) is 0. The summed E-state index contributed by atoms with van der Waals surface area (Å²) in [7, 11) is 0. The molecule has 0 radical (unpaired) electrons. The van der Waals surface area contributed by atoms with Gasteiger partial charge in [-0.05, 0) is 19.8 Å². The molecule has 1 saturated heterocycles. The molecule has 0 aromatic carbocycles. The molecule has 0 unspecified atom stereocenters. The Morgan fingerprint density at radius 3 is 2.12 bits per heavy atom. The van der Waals surface area contributed by atoms with E-state index in [1.807, 2.05) is 0 Å². The van der Waals surface area contributed by atoms with Gasteiger partial charge in [-0.3, -0.25) is 0 Å². The van der Waals surface area contributed by atoms with Gasteiger partial charge in [-0.1, -0.05) is 12.8 Å². The summed E-state index contributed by atoms with van der Waals surface area (Å²) in [5, 5.41) is 0. The topological polar surface area (TPSA) is 23.6 Å². The second kappa shape index (κ2) is 6.12. The Morgan fingerprint density at radius 2 is 1.71 bits per heavy atom. The van der Waals surface area contributed by atoms with Crippen molar-refractivity contribution in [3.63, 3.8) is 0 Å². The monoisotopic (exact) mass is 252 g/mol. The van der Waals surface area contributed by atoms with Crippen molar-refractivity contribution in [2.24, 2.45) is 0 Å². The third-order valence-corrected chi connectivity index (χ3v) is 2.90. The van der Waals surface area contributed by atoms with Crippen molar-refractivity contribution < 1.29 is 18.0 Å². The summed E-state index contributed by atoms with van der Waals surface area (Å²) in [5.74, 6) is 0. The van der Waals surface area contributed by atoms with Crippen molar-refractivity contribution in [3.05, 3.63) is 0 Å². The molecular formula is C11H19F3N2O. The maximum atomic E-state index is 12.3. The van der Waals surface area contributed by atoms with Gasteiger partial charge in [0.2, 0.25) is 0 Å². The molecule has 0 atom stereocenters. The zero-order chi connectivity index (χ0) is 12.9. The van der Waals surface area contributed by atoms with Crippen LogP contribution in [-0.2, 0) is 0 Å². The van der Waals surface area contributed by atoms with Crippen LogP contribution in [0.3, 0.4) is 0 Å². The van der Waals surface area contributed by atoms with Crippen LogP contribution in [0.1, 0.15) is 32.6 Å². The minimum atomic E-state index is -4.32. The number of alkyl halides is 3. The highest BCUT2D eigenvalue weighted by atomic mass is 19.4. The van der Waals surface area contributed by atoms with Gasteiger partial charge in [-0.2, -0.15) is 13.2 Å². The number of amides is 2. The van der Waals surface area contributed by atoms with Crippen LogP contribution in [-0.4, -0.2) is 48.2 Å². The predicted molar refractivity (Wildman–Crippen MR) is 58.7 cm³/mol. The Bertz CT molecular complexity index is 248. The van der Waals surface area contributed by atoms with Crippen LogP contribution in [0, 0.1) is 0 Å². The maximum Gasteiger partial charge on any atom is 0.406 e. The van der Waals surface area contributed by atoms with Gasteiger partial charge in [-0.25, -0.2) is 4.79 Å². The highest BCUT2D eigenvalue weighted by Gasteiger charge is 2.33. The molecule has 1 fully saturated rings. The van der Waals surface area contributed by atoms with Crippen molar-refractivity contribution in [2.45, 2.75) is 38.8 Å². The van der Waals surface area contributed by atoms with E-state index in [1.165, 1.54) is 0 Å². The number of likely N-dealkylation sites (tertiary alicyclic amines) is 1. The molecule has 1 rings (SSSR count). The molecule has 1 aliphatic rings. The molecule has 1 heterocycles. The number of rotatable bonds is 2. The summed E-state index contributed by atoms with van der Waals surface area (Å²) in [6, 6.07) is -0.480. The second-order valence-corrected chi connectivity index (χ2v) is 4.31. The Hall–Kier alpha value is -0.940. The van der Waals surface area contributed by atoms with Gasteiger partial charge in [-0.15, -0.1) is 0 Å². The molecule has 0 aromatic heterocycles. The molecule has 3 nitrogen and oxygen atoms in total. The molecule has 0 saturated carbocycles. The first-order chi connectivity index (χ1) is 7.94. The average molecular weight is 252 g/mol. The van der Waals surface area contributed by atoms with E-state index in [9.17, 15) is 18.0 Å². The molecule has 0 aromatic rings. The molecule has 2 amide bonds. The van der Waals surface area contributed by atoms with E-state index in [2.05, 4.69) is 0 Å². The lowest BCUT2D eigenvalue weighted by molar-refractivity contribution is -0.140. The van der Waals surface area contributed by atoms with Crippen LogP contribution in [0.4, 0.5) is 18.0 Å². The van der Waals surface area contributed by atoms with E-state index in [1.54, 1.807) is 11.8 Å². The van der Waals surface area contributed by atoms with Gasteiger partial charge in [0.1, 0.15) is 6.54 Å². The van der Waals surface area contributed by atoms with E-state index in [4.69, 9.17) is 0 Å². The van der Waals surface area contributed by atoms with Crippen molar-refractivity contribution in [3.8, 4) is 0 Å². The maximum absolute atomic E-state index is 12.3. The third-order valence-electron chi connectivity index (χ3n) is 2.90. The summed E-state index contributed by atoms with van der Waals surface area (Å²) in [6.45, 7) is 1.66. The van der Waals surface area contributed by atoms with E-state index < -0.39 is 18.8 Å². The van der Waals surface area contributed by atoms with Gasteiger partial charge in [0.25, 0.3) is 0 Å². The Kier molecular flexibility index (Phi) is 5.08. The fourth-order valence-corrected chi connectivity index (χ4v) is 1.99. The highest BCUT2D eigenvalue weighted by molar-refractivity contribution is 5.74. The number of halogens is 3. The zero-order valence-electron chi connectivity index (χ0n) is 10.1. The molecule has 0 bridgehead atoms. The number of carbonyl (C=O) groups is 1. The molecule has 6 heteroatoms. The van der Waals surface area contributed by atoms with Crippen LogP contribution >= 0.6 is 0 Å². The van der Waals surface area contributed by atoms with Crippen LogP contribution in [0.5, 0.6) is 0 Å². The molecular weight excluding hydrogens is 233 g/mol. The Labute approximate surface area is 99.6 Å². The largest absolute Gasteiger partial charge is 0.406 e. The number of carbonyl (C=O) groups excluding carboxylic acids is 1. The predicted octanol–water partition coefficient (Wildman–Crippen LogP) is 2.87. The fraction of sp³-hybridized carbons (Fsp3) is 0.909.